The maximum Gasteiger partial charge on any atom is 0.360 e. The van der Waals surface area contributed by atoms with E-state index in [9.17, 15) is 4.79 Å². The van der Waals surface area contributed by atoms with Crippen LogP contribution in [0.1, 0.15) is 61.6 Å². The summed E-state index contributed by atoms with van der Waals surface area (Å²) in [4.78, 5) is 17.7. The highest BCUT2D eigenvalue weighted by atomic mass is 16.6. The third kappa shape index (κ3) is 3.61. The summed E-state index contributed by atoms with van der Waals surface area (Å²) < 4.78 is 11.4. The van der Waals surface area contributed by atoms with Gasteiger partial charge >= 0.3 is 5.97 Å². The van der Waals surface area contributed by atoms with Crippen molar-refractivity contribution in [2.45, 2.75) is 57.5 Å². The Labute approximate surface area is 192 Å². The molecule has 4 aliphatic carbocycles. The first-order valence-corrected chi connectivity index (χ1v) is 12.2. The van der Waals surface area contributed by atoms with Crippen molar-refractivity contribution in [1.82, 2.24) is 35.1 Å². The van der Waals surface area contributed by atoms with Gasteiger partial charge in [-0.15, -0.1) is 5.10 Å². The van der Waals surface area contributed by atoms with Gasteiger partial charge in [0, 0.05) is 38.3 Å². The van der Waals surface area contributed by atoms with Crippen LogP contribution in [0.2, 0.25) is 0 Å². The van der Waals surface area contributed by atoms with Crippen molar-refractivity contribution < 1.29 is 14.2 Å². The highest BCUT2D eigenvalue weighted by Gasteiger charge is 2.53. The maximum absolute atomic E-state index is 12.5. The van der Waals surface area contributed by atoms with Crippen LogP contribution in [0.5, 0.6) is 0 Å². The first-order valence-electron chi connectivity index (χ1n) is 12.2. The summed E-state index contributed by atoms with van der Waals surface area (Å²) in [5.41, 5.74) is 7.10. The van der Waals surface area contributed by atoms with E-state index >= 15 is 0 Å². The molecule has 4 bridgehead atoms. The molecule has 0 unspecified atom stereocenters. The van der Waals surface area contributed by atoms with Crippen molar-refractivity contribution in [3.8, 4) is 5.82 Å². The van der Waals surface area contributed by atoms with Gasteiger partial charge in [-0.05, 0) is 73.5 Å². The Hall–Kier alpha value is -2.53. The number of aromatic nitrogens is 5. The second kappa shape index (κ2) is 8.05. The van der Waals surface area contributed by atoms with E-state index in [0.717, 1.165) is 43.9 Å². The number of rotatable bonds is 6. The van der Waals surface area contributed by atoms with Crippen LogP contribution in [0.25, 0.3) is 5.82 Å². The second-order valence-electron chi connectivity index (χ2n) is 10.4. The van der Waals surface area contributed by atoms with Crippen molar-refractivity contribution in [2.24, 2.45) is 17.8 Å². The highest BCUT2D eigenvalue weighted by Crippen LogP contribution is 2.57. The molecule has 11 heteroatoms. The molecule has 178 valence electrons. The van der Waals surface area contributed by atoms with Gasteiger partial charge in [0.05, 0.1) is 12.3 Å². The highest BCUT2D eigenvalue weighted by molar-refractivity contribution is 5.88. The minimum absolute atomic E-state index is 0.100. The number of nitrogen functional groups attached to an aromatic ring is 1. The molecule has 0 aromatic carbocycles. The number of nitrogens with zero attached hydrogens (tertiary/aromatic N) is 7. The van der Waals surface area contributed by atoms with E-state index in [0.29, 0.717) is 17.8 Å². The average Bonchev–Trinajstić information content (AvgIpc) is 3.39. The molecule has 4 saturated carbocycles. The van der Waals surface area contributed by atoms with Crippen molar-refractivity contribution in [2.75, 3.05) is 38.5 Å². The maximum atomic E-state index is 12.5. The predicted octanol–water partition coefficient (Wildman–Crippen LogP) is 1.50. The molecule has 5 fully saturated rings. The van der Waals surface area contributed by atoms with Crippen LogP contribution in [-0.2, 0) is 11.3 Å². The summed E-state index contributed by atoms with van der Waals surface area (Å²) in [7, 11) is 0. The lowest BCUT2D eigenvalue weighted by molar-refractivity contribution is -0.102. The van der Waals surface area contributed by atoms with Crippen LogP contribution >= 0.6 is 0 Å². The number of carbonyl (C=O) groups is 1. The van der Waals surface area contributed by atoms with Gasteiger partial charge in [0.1, 0.15) is 0 Å². The van der Waals surface area contributed by atoms with Gasteiger partial charge in [-0.25, -0.2) is 9.42 Å². The first kappa shape index (κ1) is 21.0. The largest absolute Gasteiger partial charge is 0.461 e. The molecule has 2 N–H and O–H groups in total. The molecule has 0 radical (unpaired) electrons. The molecule has 33 heavy (non-hydrogen) atoms. The Balaban J connectivity index is 1.19. The lowest BCUT2D eigenvalue weighted by Gasteiger charge is -2.61. The van der Waals surface area contributed by atoms with Gasteiger partial charge in [-0.2, -0.15) is 4.68 Å². The zero-order chi connectivity index (χ0) is 22.6. The molecule has 7 rings (SSSR count). The number of carbonyl (C=O) groups excluding carboxylic acids is 1. The van der Waals surface area contributed by atoms with Crippen LogP contribution in [-0.4, -0.2) is 79.4 Å². The molecular weight excluding hydrogens is 424 g/mol. The van der Waals surface area contributed by atoms with Crippen LogP contribution < -0.4 is 5.73 Å². The SMILES string of the molecule is CCOC(=O)c1nnn(-c2nonc2N)c1CN1CCN(C23CC4CC(CC(C4)C2)C3)CC1. The van der Waals surface area contributed by atoms with Crippen molar-refractivity contribution >= 4 is 11.8 Å². The molecule has 11 nitrogen and oxygen atoms in total. The van der Waals surface area contributed by atoms with E-state index in [4.69, 9.17) is 15.1 Å². The Morgan fingerprint density at radius 3 is 2.33 bits per heavy atom. The standard InChI is InChI=1S/C22H32N8O3/c1-2-32-21(31)18-17(30(27-24-18)20-19(23)25-33-26-20)13-28-3-5-29(6-4-28)22-10-14-7-15(11-22)9-16(8-14)12-22/h14-16H,2-13H2,1H3,(H2,23,25). The number of esters is 1. The summed E-state index contributed by atoms with van der Waals surface area (Å²) in [6, 6.07) is 0. The van der Waals surface area contributed by atoms with E-state index in [1.54, 1.807) is 6.92 Å². The minimum Gasteiger partial charge on any atom is -0.461 e. The van der Waals surface area contributed by atoms with Crippen molar-refractivity contribution in [3.63, 3.8) is 0 Å². The molecule has 5 aliphatic rings. The third-order valence-corrected chi connectivity index (χ3v) is 8.35. The molecule has 0 amide bonds. The summed E-state index contributed by atoms with van der Waals surface area (Å²) in [6.07, 6.45) is 8.57. The second-order valence-corrected chi connectivity index (χ2v) is 10.4. The topological polar surface area (TPSA) is 128 Å². The Morgan fingerprint density at radius 1 is 1.09 bits per heavy atom. The van der Waals surface area contributed by atoms with Gasteiger partial charge in [0.15, 0.2) is 5.69 Å². The Bertz CT molecular complexity index is 989. The minimum atomic E-state index is -0.499. The van der Waals surface area contributed by atoms with Crippen LogP contribution in [0.15, 0.2) is 4.63 Å². The van der Waals surface area contributed by atoms with E-state index in [2.05, 4.69) is 30.4 Å². The predicted molar refractivity (Wildman–Crippen MR) is 117 cm³/mol. The van der Waals surface area contributed by atoms with Gasteiger partial charge in [0.2, 0.25) is 11.6 Å². The average molecular weight is 457 g/mol. The van der Waals surface area contributed by atoms with E-state index in [1.165, 1.54) is 43.2 Å². The Kier molecular flexibility index (Phi) is 5.13. The normalized spacial score (nSPS) is 31.8. The smallest absolute Gasteiger partial charge is 0.360 e. The number of nitrogens with two attached hydrogens (primary N) is 1. The monoisotopic (exact) mass is 456 g/mol. The van der Waals surface area contributed by atoms with E-state index in [1.807, 2.05) is 0 Å². The number of ether oxygens (including phenoxy) is 1. The molecular formula is C22H32N8O3. The zero-order valence-corrected chi connectivity index (χ0v) is 19.1. The first-order chi connectivity index (χ1) is 16.0. The van der Waals surface area contributed by atoms with Gasteiger partial charge < -0.3 is 10.5 Å². The summed E-state index contributed by atoms with van der Waals surface area (Å²) in [5, 5.41) is 15.7. The lowest BCUT2D eigenvalue weighted by Crippen LogP contribution is -2.63. The fourth-order valence-electron chi connectivity index (χ4n) is 7.35. The molecule has 1 aliphatic heterocycles. The van der Waals surface area contributed by atoms with Gasteiger partial charge in [0.25, 0.3) is 0 Å². The number of anilines is 1. The summed E-state index contributed by atoms with van der Waals surface area (Å²) in [6.45, 7) is 6.51. The van der Waals surface area contributed by atoms with E-state index < -0.39 is 5.97 Å². The third-order valence-electron chi connectivity index (χ3n) is 8.35. The van der Waals surface area contributed by atoms with Gasteiger partial charge in [-0.3, -0.25) is 9.80 Å². The van der Waals surface area contributed by atoms with Crippen LogP contribution in [0.3, 0.4) is 0 Å². The molecule has 2 aromatic rings. The lowest BCUT2D eigenvalue weighted by atomic mass is 9.52. The fraction of sp³-hybridized carbons (Fsp3) is 0.773. The molecule has 3 heterocycles. The molecule has 1 saturated heterocycles. The summed E-state index contributed by atoms with van der Waals surface area (Å²) >= 11 is 0. The van der Waals surface area contributed by atoms with Crippen molar-refractivity contribution in [3.05, 3.63) is 11.4 Å². The number of piperazine rings is 1. The number of hydrogen-bond donors (Lipinski definition) is 1. The van der Waals surface area contributed by atoms with E-state index in [-0.39, 0.29) is 23.9 Å². The van der Waals surface area contributed by atoms with Gasteiger partial charge in [-0.1, -0.05) is 5.21 Å². The molecule has 0 spiro atoms. The fourth-order valence-corrected chi connectivity index (χ4v) is 7.35. The molecule has 0 atom stereocenters. The van der Waals surface area contributed by atoms with Crippen LogP contribution in [0.4, 0.5) is 5.82 Å². The zero-order valence-electron chi connectivity index (χ0n) is 19.1. The quantitative estimate of drug-likeness (QED) is 0.638. The number of hydrogen-bond acceptors (Lipinski definition) is 10. The molecule has 2 aromatic heterocycles. The van der Waals surface area contributed by atoms with Crippen LogP contribution in [0, 0.1) is 17.8 Å². The summed E-state index contributed by atoms with van der Waals surface area (Å²) in [5.74, 6) is 2.68. The Morgan fingerprint density at radius 2 is 1.76 bits per heavy atom. The van der Waals surface area contributed by atoms with Crippen molar-refractivity contribution in [1.29, 1.82) is 0 Å².